The third-order valence-corrected chi connectivity index (χ3v) is 2.06. The molecule has 0 radical (unpaired) electrons. The van der Waals surface area contributed by atoms with E-state index in [1.807, 2.05) is 0 Å². The van der Waals surface area contributed by atoms with Crippen LogP contribution in [0.2, 0.25) is 0 Å². The zero-order valence-corrected chi connectivity index (χ0v) is 8.57. The maximum atomic E-state index is 13.1. The normalized spacial score (nSPS) is 14.1. The Balaban J connectivity index is 2.81. The van der Waals surface area contributed by atoms with Crippen LogP contribution >= 0.6 is 0 Å². The SMILES string of the molecule is CC(O)C(C)Oc1ccc(C#N)c(F)c1. The number of aliphatic hydroxyl groups is 1. The van der Waals surface area contributed by atoms with Crippen molar-refractivity contribution in [3.63, 3.8) is 0 Å². The number of hydrogen-bond donors (Lipinski definition) is 1. The summed E-state index contributed by atoms with van der Waals surface area (Å²) in [6.45, 7) is 3.27. The van der Waals surface area contributed by atoms with Gasteiger partial charge in [-0.2, -0.15) is 5.26 Å². The highest BCUT2D eigenvalue weighted by molar-refractivity contribution is 5.36. The number of halogens is 1. The second-order valence-corrected chi connectivity index (χ2v) is 3.32. The Hall–Kier alpha value is -1.60. The molecular formula is C11H12FNO2. The Morgan fingerprint density at radius 2 is 2.13 bits per heavy atom. The summed E-state index contributed by atoms with van der Waals surface area (Å²) in [6, 6.07) is 5.70. The highest BCUT2D eigenvalue weighted by Gasteiger charge is 2.11. The molecule has 0 aliphatic rings. The maximum absolute atomic E-state index is 13.1. The molecule has 0 saturated carbocycles. The van der Waals surface area contributed by atoms with Crippen LogP contribution in [0.4, 0.5) is 4.39 Å². The van der Waals surface area contributed by atoms with Crippen LogP contribution < -0.4 is 4.74 Å². The summed E-state index contributed by atoms with van der Waals surface area (Å²) in [5.41, 5.74) is -0.0212. The zero-order chi connectivity index (χ0) is 11.4. The molecule has 0 amide bonds. The highest BCUT2D eigenvalue weighted by atomic mass is 19.1. The number of ether oxygens (including phenoxy) is 1. The van der Waals surface area contributed by atoms with Crippen molar-refractivity contribution in [2.45, 2.75) is 26.1 Å². The molecule has 4 heteroatoms. The summed E-state index contributed by atoms with van der Waals surface area (Å²) >= 11 is 0. The molecule has 15 heavy (non-hydrogen) atoms. The topological polar surface area (TPSA) is 53.2 Å². The second kappa shape index (κ2) is 4.76. The van der Waals surface area contributed by atoms with Gasteiger partial charge in [-0.1, -0.05) is 0 Å². The summed E-state index contributed by atoms with van der Waals surface area (Å²) in [6.07, 6.45) is -1.05. The summed E-state index contributed by atoms with van der Waals surface area (Å²) in [5, 5.41) is 17.7. The van der Waals surface area contributed by atoms with Crippen LogP contribution in [-0.2, 0) is 0 Å². The van der Waals surface area contributed by atoms with Crippen molar-refractivity contribution in [2.24, 2.45) is 0 Å². The molecule has 0 fully saturated rings. The van der Waals surface area contributed by atoms with E-state index in [1.54, 1.807) is 19.9 Å². The van der Waals surface area contributed by atoms with Crippen LogP contribution in [0, 0.1) is 17.1 Å². The van der Waals surface area contributed by atoms with Gasteiger partial charge in [-0.25, -0.2) is 4.39 Å². The van der Waals surface area contributed by atoms with E-state index in [1.165, 1.54) is 12.1 Å². The van der Waals surface area contributed by atoms with Gasteiger partial charge >= 0.3 is 0 Å². The number of nitriles is 1. The van der Waals surface area contributed by atoms with Crippen molar-refractivity contribution < 1.29 is 14.2 Å². The van der Waals surface area contributed by atoms with Crippen LogP contribution in [0.15, 0.2) is 18.2 Å². The van der Waals surface area contributed by atoms with Gasteiger partial charge in [0.15, 0.2) is 0 Å². The van der Waals surface area contributed by atoms with Crippen LogP contribution in [0.3, 0.4) is 0 Å². The zero-order valence-electron chi connectivity index (χ0n) is 8.57. The lowest BCUT2D eigenvalue weighted by Gasteiger charge is -2.17. The Bertz CT molecular complexity index is 385. The lowest BCUT2D eigenvalue weighted by atomic mass is 10.2. The molecule has 0 aliphatic heterocycles. The number of benzene rings is 1. The van der Waals surface area contributed by atoms with E-state index in [0.29, 0.717) is 5.75 Å². The molecule has 1 aromatic rings. The fraction of sp³-hybridized carbons (Fsp3) is 0.364. The number of hydrogen-bond acceptors (Lipinski definition) is 3. The molecule has 0 aromatic heterocycles. The van der Waals surface area contributed by atoms with Crippen LogP contribution in [0.25, 0.3) is 0 Å². The number of nitrogens with zero attached hydrogens (tertiary/aromatic N) is 1. The smallest absolute Gasteiger partial charge is 0.144 e. The van der Waals surface area contributed by atoms with E-state index >= 15 is 0 Å². The lowest BCUT2D eigenvalue weighted by molar-refractivity contribution is 0.0602. The third-order valence-electron chi connectivity index (χ3n) is 2.06. The predicted octanol–water partition coefficient (Wildman–Crippen LogP) is 1.85. The van der Waals surface area contributed by atoms with Gasteiger partial charge in [-0.05, 0) is 26.0 Å². The van der Waals surface area contributed by atoms with E-state index < -0.39 is 18.0 Å². The minimum absolute atomic E-state index is 0.0212. The van der Waals surface area contributed by atoms with E-state index in [-0.39, 0.29) is 5.56 Å². The maximum Gasteiger partial charge on any atom is 0.144 e. The molecule has 0 heterocycles. The molecule has 3 nitrogen and oxygen atoms in total. The summed E-state index contributed by atoms with van der Waals surface area (Å²) < 4.78 is 18.4. The first-order chi connectivity index (χ1) is 7.04. The van der Waals surface area contributed by atoms with Crippen LogP contribution in [0.1, 0.15) is 19.4 Å². The molecule has 2 atom stereocenters. The van der Waals surface area contributed by atoms with E-state index in [4.69, 9.17) is 10.00 Å². The average molecular weight is 209 g/mol. The van der Waals surface area contributed by atoms with Crippen LogP contribution in [0.5, 0.6) is 5.75 Å². The fourth-order valence-electron chi connectivity index (χ4n) is 0.973. The minimum atomic E-state index is -0.635. The van der Waals surface area contributed by atoms with Crippen molar-refractivity contribution in [1.82, 2.24) is 0 Å². The Morgan fingerprint density at radius 1 is 1.47 bits per heavy atom. The molecule has 0 bridgehead atoms. The van der Waals surface area contributed by atoms with Gasteiger partial charge in [0.2, 0.25) is 0 Å². The first kappa shape index (κ1) is 11.5. The lowest BCUT2D eigenvalue weighted by Crippen LogP contribution is -2.25. The molecule has 0 spiro atoms. The second-order valence-electron chi connectivity index (χ2n) is 3.32. The Morgan fingerprint density at radius 3 is 2.60 bits per heavy atom. The van der Waals surface area contributed by atoms with E-state index in [9.17, 15) is 9.50 Å². The molecule has 80 valence electrons. The molecule has 0 saturated heterocycles. The van der Waals surface area contributed by atoms with Gasteiger partial charge in [0.1, 0.15) is 23.7 Å². The number of aliphatic hydroxyl groups excluding tert-OH is 1. The molecule has 0 aliphatic carbocycles. The summed E-state index contributed by atoms with van der Waals surface area (Å²) in [4.78, 5) is 0. The van der Waals surface area contributed by atoms with E-state index in [0.717, 1.165) is 6.07 Å². The third kappa shape index (κ3) is 2.93. The molecule has 1 N–H and O–H groups in total. The summed E-state index contributed by atoms with van der Waals surface area (Å²) in [5.74, 6) is -0.312. The number of rotatable bonds is 3. The first-order valence-corrected chi connectivity index (χ1v) is 4.59. The summed E-state index contributed by atoms with van der Waals surface area (Å²) in [7, 11) is 0. The molecule has 1 rings (SSSR count). The molecule has 2 unspecified atom stereocenters. The average Bonchev–Trinajstić information content (AvgIpc) is 2.18. The van der Waals surface area contributed by atoms with Gasteiger partial charge in [0, 0.05) is 6.07 Å². The Kier molecular flexibility index (Phi) is 3.64. The predicted molar refractivity (Wildman–Crippen MR) is 52.9 cm³/mol. The standard InChI is InChI=1S/C11H12FNO2/c1-7(14)8(2)15-10-4-3-9(6-13)11(12)5-10/h3-5,7-8,14H,1-2H3. The van der Waals surface area contributed by atoms with Gasteiger partial charge in [0.05, 0.1) is 11.7 Å². The minimum Gasteiger partial charge on any atom is -0.488 e. The monoisotopic (exact) mass is 209 g/mol. The van der Waals surface area contributed by atoms with Crippen LogP contribution in [-0.4, -0.2) is 17.3 Å². The van der Waals surface area contributed by atoms with E-state index in [2.05, 4.69) is 0 Å². The fourth-order valence-corrected chi connectivity index (χ4v) is 0.973. The van der Waals surface area contributed by atoms with Crippen molar-refractivity contribution >= 4 is 0 Å². The van der Waals surface area contributed by atoms with Gasteiger partial charge in [-0.15, -0.1) is 0 Å². The van der Waals surface area contributed by atoms with Crippen molar-refractivity contribution in [3.8, 4) is 11.8 Å². The molecular weight excluding hydrogens is 197 g/mol. The highest BCUT2D eigenvalue weighted by Crippen LogP contribution is 2.17. The first-order valence-electron chi connectivity index (χ1n) is 4.59. The van der Waals surface area contributed by atoms with Crippen molar-refractivity contribution in [2.75, 3.05) is 0 Å². The van der Waals surface area contributed by atoms with Crippen molar-refractivity contribution in [3.05, 3.63) is 29.6 Å². The van der Waals surface area contributed by atoms with Gasteiger partial charge in [0.25, 0.3) is 0 Å². The largest absolute Gasteiger partial charge is 0.488 e. The Labute approximate surface area is 87.7 Å². The van der Waals surface area contributed by atoms with Crippen molar-refractivity contribution in [1.29, 1.82) is 5.26 Å². The quantitative estimate of drug-likeness (QED) is 0.826. The molecule has 1 aromatic carbocycles. The van der Waals surface area contributed by atoms with Gasteiger partial charge in [-0.3, -0.25) is 0 Å². The van der Waals surface area contributed by atoms with Gasteiger partial charge < -0.3 is 9.84 Å².